The lowest BCUT2D eigenvalue weighted by Gasteiger charge is -2.20. The van der Waals surface area contributed by atoms with Crippen LogP contribution in [0.25, 0.3) is 0 Å². The van der Waals surface area contributed by atoms with Crippen LogP contribution in [-0.4, -0.2) is 56.7 Å². The van der Waals surface area contributed by atoms with Gasteiger partial charge in [-0.05, 0) is 0 Å². The number of imidazole rings is 1. The van der Waals surface area contributed by atoms with Crippen molar-refractivity contribution in [1.29, 1.82) is 0 Å². The van der Waals surface area contributed by atoms with Gasteiger partial charge in [-0.25, -0.2) is 4.98 Å². The number of hydrogen-bond donors (Lipinski definition) is 3. The molecule has 0 unspecified atom stereocenters. The molecular weight excluding hydrogens is 238 g/mol. The van der Waals surface area contributed by atoms with Crippen molar-refractivity contribution in [3.8, 4) is 0 Å². The van der Waals surface area contributed by atoms with E-state index < -0.39 is 11.9 Å². The average Bonchev–Trinajstić information content (AvgIpc) is 2.80. The van der Waals surface area contributed by atoms with Crippen molar-refractivity contribution in [1.82, 2.24) is 14.9 Å². The van der Waals surface area contributed by atoms with Crippen molar-refractivity contribution in [2.75, 3.05) is 19.6 Å². The van der Waals surface area contributed by atoms with Crippen LogP contribution in [0.1, 0.15) is 18.5 Å². The highest BCUT2D eigenvalue weighted by molar-refractivity contribution is 5.67. The van der Waals surface area contributed by atoms with Gasteiger partial charge >= 0.3 is 11.9 Å². The molecule has 18 heavy (non-hydrogen) atoms. The summed E-state index contributed by atoms with van der Waals surface area (Å²) < 4.78 is 0. The highest BCUT2D eigenvalue weighted by Gasteiger charge is 2.10. The Morgan fingerprint density at radius 3 is 2.22 bits per heavy atom. The van der Waals surface area contributed by atoms with E-state index in [1.165, 1.54) is 0 Å². The molecule has 0 amide bonds. The van der Waals surface area contributed by atoms with E-state index in [0.717, 1.165) is 5.69 Å². The SMILES string of the molecule is O=C(O)CCN(CCC(=O)O)CCc1cnc[nH]1. The zero-order valence-electron chi connectivity index (χ0n) is 10.0. The van der Waals surface area contributed by atoms with Crippen LogP contribution in [0.5, 0.6) is 0 Å². The number of nitrogens with one attached hydrogen (secondary N) is 1. The summed E-state index contributed by atoms with van der Waals surface area (Å²) in [5.41, 5.74) is 0.950. The Morgan fingerprint density at radius 2 is 1.78 bits per heavy atom. The first kappa shape index (κ1) is 14.2. The number of H-pyrrole nitrogens is 1. The van der Waals surface area contributed by atoms with Crippen LogP contribution in [0, 0.1) is 0 Å². The minimum absolute atomic E-state index is 0.0165. The van der Waals surface area contributed by atoms with Gasteiger partial charge in [0.15, 0.2) is 0 Å². The Hall–Kier alpha value is -1.89. The molecule has 7 nitrogen and oxygen atoms in total. The molecule has 0 spiro atoms. The topological polar surface area (TPSA) is 107 Å². The second kappa shape index (κ2) is 7.44. The van der Waals surface area contributed by atoms with E-state index in [1.807, 2.05) is 4.90 Å². The molecule has 1 heterocycles. The van der Waals surface area contributed by atoms with Gasteiger partial charge in [-0.3, -0.25) is 9.59 Å². The predicted molar refractivity (Wildman–Crippen MR) is 63.2 cm³/mol. The van der Waals surface area contributed by atoms with E-state index in [0.29, 0.717) is 26.1 Å². The summed E-state index contributed by atoms with van der Waals surface area (Å²) in [6.45, 7) is 1.33. The van der Waals surface area contributed by atoms with Gasteiger partial charge in [-0.15, -0.1) is 0 Å². The third-order valence-corrected chi connectivity index (χ3v) is 2.54. The van der Waals surface area contributed by atoms with Crippen molar-refractivity contribution in [3.63, 3.8) is 0 Å². The number of aliphatic carboxylic acids is 2. The molecule has 0 fully saturated rings. The highest BCUT2D eigenvalue weighted by atomic mass is 16.4. The summed E-state index contributed by atoms with van der Waals surface area (Å²) in [5, 5.41) is 17.3. The maximum atomic E-state index is 10.5. The molecule has 0 saturated heterocycles. The Labute approximate surface area is 104 Å². The van der Waals surface area contributed by atoms with Crippen LogP contribution in [0.15, 0.2) is 12.5 Å². The Bertz CT molecular complexity index is 360. The molecule has 0 aliphatic rings. The van der Waals surface area contributed by atoms with Gasteiger partial charge in [0, 0.05) is 37.9 Å². The predicted octanol–water partition coefficient (Wildman–Crippen LogP) is 0.204. The zero-order valence-corrected chi connectivity index (χ0v) is 10.0. The molecule has 0 aliphatic heterocycles. The van der Waals surface area contributed by atoms with E-state index in [2.05, 4.69) is 9.97 Å². The normalized spacial score (nSPS) is 10.7. The lowest BCUT2D eigenvalue weighted by molar-refractivity contribution is -0.137. The molecule has 7 heteroatoms. The van der Waals surface area contributed by atoms with Gasteiger partial charge in [0.1, 0.15) is 0 Å². The van der Waals surface area contributed by atoms with Crippen LogP contribution in [0.3, 0.4) is 0 Å². The van der Waals surface area contributed by atoms with Crippen LogP contribution < -0.4 is 0 Å². The maximum absolute atomic E-state index is 10.5. The van der Waals surface area contributed by atoms with Gasteiger partial charge in [0.2, 0.25) is 0 Å². The number of carboxylic acids is 2. The molecule has 3 N–H and O–H groups in total. The van der Waals surface area contributed by atoms with E-state index in [4.69, 9.17) is 10.2 Å². The van der Waals surface area contributed by atoms with E-state index in [9.17, 15) is 9.59 Å². The van der Waals surface area contributed by atoms with E-state index in [1.54, 1.807) is 12.5 Å². The summed E-state index contributed by atoms with van der Waals surface area (Å²) in [7, 11) is 0. The molecule has 0 radical (unpaired) electrons. The lowest BCUT2D eigenvalue weighted by atomic mass is 10.2. The minimum Gasteiger partial charge on any atom is -0.481 e. The minimum atomic E-state index is -0.878. The first-order chi connectivity index (χ1) is 8.58. The molecule has 1 aromatic heterocycles. The fraction of sp³-hybridized carbons (Fsp3) is 0.545. The zero-order chi connectivity index (χ0) is 13.4. The van der Waals surface area contributed by atoms with Crippen LogP contribution in [0.2, 0.25) is 0 Å². The van der Waals surface area contributed by atoms with E-state index in [-0.39, 0.29) is 12.8 Å². The largest absolute Gasteiger partial charge is 0.481 e. The molecule has 1 rings (SSSR count). The number of aromatic amines is 1. The number of carbonyl (C=O) groups is 2. The van der Waals surface area contributed by atoms with Gasteiger partial charge in [0.25, 0.3) is 0 Å². The summed E-state index contributed by atoms with van der Waals surface area (Å²) in [4.78, 5) is 29.7. The Balaban J connectivity index is 2.37. The summed E-state index contributed by atoms with van der Waals surface area (Å²) in [6, 6.07) is 0. The third-order valence-electron chi connectivity index (χ3n) is 2.54. The Morgan fingerprint density at radius 1 is 1.17 bits per heavy atom. The number of hydrogen-bond acceptors (Lipinski definition) is 4. The molecular formula is C11H17N3O4. The standard InChI is InChI=1S/C11H17N3O4/c15-10(16)2-5-14(6-3-11(17)18)4-1-9-7-12-8-13-9/h7-8H,1-6H2,(H,12,13)(H,15,16)(H,17,18). The smallest absolute Gasteiger partial charge is 0.304 e. The average molecular weight is 255 g/mol. The molecule has 1 aromatic rings. The number of nitrogens with zero attached hydrogens (tertiary/aromatic N) is 2. The van der Waals surface area contributed by atoms with Crippen molar-refractivity contribution >= 4 is 11.9 Å². The summed E-state index contributed by atoms with van der Waals surface area (Å²) in [5.74, 6) is -1.76. The van der Waals surface area contributed by atoms with Gasteiger partial charge in [0.05, 0.1) is 19.2 Å². The second-order valence-corrected chi connectivity index (χ2v) is 3.96. The highest BCUT2D eigenvalue weighted by Crippen LogP contribution is 2.00. The number of carboxylic acid groups (broad SMARTS) is 2. The third kappa shape index (κ3) is 6.00. The van der Waals surface area contributed by atoms with Crippen LogP contribution in [0.4, 0.5) is 0 Å². The first-order valence-electron chi connectivity index (χ1n) is 5.71. The number of rotatable bonds is 9. The molecule has 0 atom stereocenters. The van der Waals surface area contributed by atoms with Crippen molar-refractivity contribution in [2.45, 2.75) is 19.3 Å². The molecule has 0 bridgehead atoms. The van der Waals surface area contributed by atoms with Crippen molar-refractivity contribution in [2.24, 2.45) is 0 Å². The van der Waals surface area contributed by atoms with Crippen molar-refractivity contribution in [3.05, 3.63) is 18.2 Å². The fourth-order valence-electron chi connectivity index (χ4n) is 1.54. The first-order valence-corrected chi connectivity index (χ1v) is 5.71. The van der Waals surface area contributed by atoms with Crippen LogP contribution in [-0.2, 0) is 16.0 Å². The van der Waals surface area contributed by atoms with Gasteiger partial charge < -0.3 is 20.1 Å². The molecule has 100 valence electrons. The molecule has 0 saturated carbocycles. The fourth-order valence-corrected chi connectivity index (χ4v) is 1.54. The van der Waals surface area contributed by atoms with Crippen LogP contribution >= 0.6 is 0 Å². The number of aromatic nitrogens is 2. The molecule has 0 aromatic carbocycles. The maximum Gasteiger partial charge on any atom is 0.304 e. The second-order valence-electron chi connectivity index (χ2n) is 3.96. The Kier molecular flexibility index (Phi) is 5.86. The monoisotopic (exact) mass is 255 g/mol. The van der Waals surface area contributed by atoms with Gasteiger partial charge in [-0.2, -0.15) is 0 Å². The molecule has 0 aliphatic carbocycles. The van der Waals surface area contributed by atoms with Gasteiger partial charge in [-0.1, -0.05) is 0 Å². The quantitative estimate of drug-likeness (QED) is 0.582. The summed E-state index contributed by atoms with van der Waals surface area (Å²) >= 11 is 0. The lowest BCUT2D eigenvalue weighted by Crippen LogP contribution is -2.31. The van der Waals surface area contributed by atoms with E-state index >= 15 is 0 Å². The van der Waals surface area contributed by atoms with Crippen molar-refractivity contribution < 1.29 is 19.8 Å². The summed E-state index contributed by atoms with van der Waals surface area (Å²) in [6.07, 6.45) is 4.01.